The van der Waals surface area contributed by atoms with E-state index in [1.54, 1.807) is 48.2 Å². The van der Waals surface area contributed by atoms with Gasteiger partial charge in [-0.05, 0) is 55.8 Å². The summed E-state index contributed by atoms with van der Waals surface area (Å²) in [5, 5.41) is 3.94. The van der Waals surface area contributed by atoms with Crippen LogP contribution in [0.15, 0.2) is 53.3 Å². The number of methoxy groups -OCH3 is 1. The summed E-state index contributed by atoms with van der Waals surface area (Å²) in [5.74, 6) is -0.204. The predicted molar refractivity (Wildman–Crippen MR) is 115 cm³/mol. The molecule has 0 saturated carbocycles. The first-order chi connectivity index (χ1) is 15.1. The summed E-state index contributed by atoms with van der Waals surface area (Å²) < 4.78 is 17.5. The molecule has 0 spiro atoms. The van der Waals surface area contributed by atoms with Crippen molar-refractivity contribution in [2.75, 3.05) is 26.9 Å². The van der Waals surface area contributed by atoms with Gasteiger partial charge in [-0.25, -0.2) is 9.59 Å². The number of esters is 1. The van der Waals surface area contributed by atoms with Crippen LogP contribution in [-0.4, -0.2) is 49.1 Å². The molecule has 1 aliphatic heterocycles. The van der Waals surface area contributed by atoms with Crippen LogP contribution in [-0.2, 0) is 23.9 Å². The second-order valence-corrected chi connectivity index (χ2v) is 6.73. The standard InChI is InChI=1S/C23H26N2O6/c1-4-20(23(27)30-14-13-29-5-2)25-12-6-7-17(25)15-19-21(24-31-22(19)26)16-8-10-18(28-3)11-9-16/h6-12,15,20H,4-5,13-14H2,1-3H3/b19-15-. The third-order valence-electron chi connectivity index (χ3n) is 4.83. The molecule has 0 N–H and O–H groups in total. The number of benzene rings is 1. The fourth-order valence-corrected chi connectivity index (χ4v) is 3.25. The molecule has 0 saturated heterocycles. The average molecular weight is 426 g/mol. The minimum atomic E-state index is -0.550. The zero-order valence-corrected chi connectivity index (χ0v) is 17.9. The number of hydrogen-bond donors (Lipinski definition) is 0. The highest BCUT2D eigenvalue weighted by atomic mass is 16.7. The van der Waals surface area contributed by atoms with Gasteiger partial charge < -0.3 is 23.6 Å². The van der Waals surface area contributed by atoms with E-state index < -0.39 is 12.0 Å². The third kappa shape index (κ3) is 5.21. The largest absolute Gasteiger partial charge is 0.497 e. The highest BCUT2D eigenvalue weighted by molar-refractivity contribution is 6.31. The number of aromatic nitrogens is 1. The van der Waals surface area contributed by atoms with Crippen LogP contribution in [0.3, 0.4) is 0 Å². The Bertz CT molecular complexity index is 974. The van der Waals surface area contributed by atoms with Crippen LogP contribution >= 0.6 is 0 Å². The number of carbonyl (C=O) groups is 2. The number of carbonyl (C=O) groups excluding carboxylic acids is 2. The molecular weight excluding hydrogens is 400 g/mol. The highest BCUT2D eigenvalue weighted by Crippen LogP contribution is 2.25. The van der Waals surface area contributed by atoms with Gasteiger partial charge in [0.2, 0.25) is 0 Å². The molecule has 2 heterocycles. The molecule has 0 aliphatic carbocycles. The third-order valence-corrected chi connectivity index (χ3v) is 4.83. The highest BCUT2D eigenvalue weighted by Gasteiger charge is 2.28. The Morgan fingerprint density at radius 1 is 1.19 bits per heavy atom. The first kappa shape index (κ1) is 22.3. The SMILES string of the molecule is CCOCCOC(=O)C(CC)n1cccc1/C=C1\C(=O)ON=C1c1ccc(OC)cc1. The van der Waals surface area contributed by atoms with E-state index in [2.05, 4.69) is 5.16 Å². The van der Waals surface area contributed by atoms with Crippen molar-refractivity contribution in [1.29, 1.82) is 0 Å². The van der Waals surface area contributed by atoms with E-state index in [1.165, 1.54) is 0 Å². The van der Waals surface area contributed by atoms with Gasteiger partial charge in [0.05, 0.1) is 19.3 Å². The molecule has 0 amide bonds. The van der Waals surface area contributed by atoms with E-state index in [0.29, 0.717) is 42.4 Å². The van der Waals surface area contributed by atoms with Gasteiger partial charge in [-0.3, -0.25) is 0 Å². The van der Waals surface area contributed by atoms with E-state index in [1.807, 2.05) is 26.0 Å². The van der Waals surface area contributed by atoms with E-state index in [-0.39, 0.29) is 12.6 Å². The van der Waals surface area contributed by atoms with Crippen LogP contribution in [0.2, 0.25) is 0 Å². The van der Waals surface area contributed by atoms with Crippen molar-refractivity contribution in [2.24, 2.45) is 5.16 Å². The number of nitrogens with zero attached hydrogens (tertiary/aromatic N) is 2. The van der Waals surface area contributed by atoms with Crippen LogP contribution < -0.4 is 4.74 Å². The van der Waals surface area contributed by atoms with Crippen molar-refractivity contribution in [2.45, 2.75) is 26.3 Å². The lowest BCUT2D eigenvalue weighted by molar-refractivity contribution is -0.149. The smallest absolute Gasteiger partial charge is 0.368 e. The van der Waals surface area contributed by atoms with Crippen molar-refractivity contribution in [1.82, 2.24) is 4.57 Å². The molecule has 3 rings (SSSR count). The average Bonchev–Trinajstić information content (AvgIpc) is 3.39. The van der Waals surface area contributed by atoms with E-state index in [4.69, 9.17) is 19.0 Å². The Morgan fingerprint density at radius 3 is 2.65 bits per heavy atom. The van der Waals surface area contributed by atoms with Crippen LogP contribution in [0.5, 0.6) is 5.75 Å². The quantitative estimate of drug-likeness (QED) is 0.251. The van der Waals surface area contributed by atoms with Crippen LogP contribution in [0.25, 0.3) is 6.08 Å². The second-order valence-electron chi connectivity index (χ2n) is 6.73. The molecule has 1 atom stereocenters. The van der Waals surface area contributed by atoms with Crippen LogP contribution in [0.4, 0.5) is 0 Å². The molecule has 8 heteroatoms. The molecular formula is C23H26N2O6. The molecule has 1 aliphatic rings. The molecule has 1 unspecified atom stereocenters. The van der Waals surface area contributed by atoms with Gasteiger partial charge in [0.1, 0.15) is 24.1 Å². The van der Waals surface area contributed by atoms with Gasteiger partial charge in [-0.2, -0.15) is 0 Å². The van der Waals surface area contributed by atoms with Crippen molar-refractivity contribution < 1.29 is 28.6 Å². The number of rotatable bonds is 10. The summed E-state index contributed by atoms with van der Waals surface area (Å²) in [6.07, 6.45) is 3.99. The molecule has 1 aromatic heterocycles. The van der Waals surface area contributed by atoms with Gasteiger partial charge in [0.15, 0.2) is 0 Å². The van der Waals surface area contributed by atoms with Gasteiger partial charge >= 0.3 is 11.9 Å². The molecule has 2 aromatic rings. The molecule has 0 radical (unpaired) electrons. The molecule has 164 valence electrons. The molecule has 1 aromatic carbocycles. The maximum absolute atomic E-state index is 12.6. The van der Waals surface area contributed by atoms with Crippen molar-refractivity contribution in [3.63, 3.8) is 0 Å². The molecule has 0 fully saturated rings. The Kier molecular flexibility index (Phi) is 7.61. The zero-order valence-electron chi connectivity index (χ0n) is 17.9. The summed E-state index contributed by atoms with van der Waals surface area (Å²) in [6, 6.07) is 10.3. The van der Waals surface area contributed by atoms with Crippen LogP contribution in [0, 0.1) is 0 Å². The number of hydrogen-bond acceptors (Lipinski definition) is 7. The first-order valence-electron chi connectivity index (χ1n) is 10.2. The van der Waals surface area contributed by atoms with E-state index in [9.17, 15) is 9.59 Å². The second kappa shape index (κ2) is 10.6. The lowest BCUT2D eigenvalue weighted by Crippen LogP contribution is -2.23. The summed E-state index contributed by atoms with van der Waals surface area (Å²) in [4.78, 5) is 29.9. The normalized spacial score (nSPS) is 15.5. The molecule has 31 heavy (non-hydrogen) atoms. The Morgan fingerprint density at radius 2 is 1.97 bits per heavy atom. The fraction of sp³-hybridized carbons (Fsp3) is 0.348. The molecule has 0 bridgehead atoms. The van der Waals surface area contributed by atoms with E-state index in [0.717, 1.165) is 5.56 Å². The summed E-state index contributed by atoms with van der Waals surface area (Å²) in [6.45, 7) is 4.90. The summed E-state index contributed by atoms with van der Waals surface area (Å²) >= 11 is 0. The fourth-order valence-electron chi connectivity index (χ4n) is 3.25. The lowest BCUT2D eigenvalue weighted by Gasteiger charge is -2.18. The van der Waals surface area contributed by atoms with Gasteiger partial charge in [-0.1, -0.05) is 12.1 Å². The number of oxime groups is 1. The predicted octanol–water partition coefficient (Wildman–Crippen LogP) is 3.37. The van der Waals surface area contributed by atoms with Gasteiger partial charge in [0, 0.05) is 24.1 Å². The van der Waals surface area contributed by atoms with Gasteiger partial charge in [0.25, 0.3) is 0 Å². The minimum Gasteiger partial charge on any atom is -0.497 e. The number of ether oxygens (including phenoxy) is 3. The Balaban J connectivity index is 1.84. The monoisotopic (exact) mass is 426 g/mol. The first-order valence-corrected chi connectivity index (χ1v) is 10.2. The maximum Gasteiger partial charge on any atom is 0.368 e. The van der Waals surface area contributed by atoms with Crippen LogP contribution in [0.1, 0.15) is 37.6 Å². The van der Waals surface area contributed by atoms with Crippen molar-refractivity contribution >= 4 is 23.7 Å². The van der Waals surface area contributed by atoms with E-state index >= 15 is 0 Å². The Labute approximate surface area is 181 Å². The molecule has 8 nitrogen and oxygen atoms in total. The topological polar surface area (TPSA) is 88.4 Å². The summed E-state index contributed by atoms with van der Waals surface area (Å²) in [7, 11) is 1.58. The maximum atomic E-state index is 12.6. The van der Waals surface area contributed by atoms with Crippen molar-refractivity contribution in [3.05, 3.63) is 59.4 Å². The minimum absolute atomic E-state index is 0.196. The summed E-state index contributed by atoms with van der Waals surface area (Å²) in [5.41, 5.74) is 2.12. The zero-order chi connectivity index (χ0) is 22.2. The van der Waals surface area contributed by atoms with Crippen molar-refractivity contribution in [3.8, 4) is 5.75 Å². The van der Waals surface area contributed by atoms with Gasteiger partial charge in [-0.15, -0.1) is 0 Å². The lowest BCUT2D eigenvalue weighted by atomic mass is 10.0. The Hall–Kier alpha value is -3.39.